The lowest BCUT2D eigenvalue weighted by Crippen LogP contribution is -2.24. The van der Waals surface area contributed by atoms with Crippen molar-refractivity contribution in [2.75, 3.05) is 13.2 Å². The zero-order chi connectivity index (χ0) is 14.1. The van der Waals surface area contributed by atoms with Crippen molar-refractivity contribution in [1.82, 2.24) is 19.7 Å². The Kier molecular flexibility index (Phi) is 3.43. The standard InChI is InChI=1S/C16H20N4O/c1-4-14(5-1)20-16(12-6-9-21-10-7-12)18-15(19-20)13-3-2-8-17-11-13/h2-3,8,11-12,14H,1,4-7,9-10H2. The molecule has 0 N–H and O–H groups in total. The third-order valence-corrected chi connectivity index (χ3v) is 4.58. The summed E-state index contributed by atoms with van der Waals surface area (Å²) in [5, 5.41) is 4.80. The van der Waals surface area contributed by atoms with E-state index in [-0.39, 0.29) is 0 Å². The first-order chi connectivity index (χ1) is 10.4. The van der Waals surface area contributed by atoms with Crippen molar-refractivity contribution in [3.8, 4) is 11.4 Å². The van der Waals surface area contributed by atoms with Crippen molar-refractivity contribution in [2.45, 2.75) is 44.1 Å². The van der Waals surface area contributed by atoms with E-state index < -0.39 is 0 Å². The molecule has 5 heteroatoms. The van der Waals surface area contributed by atoms with Gasteiger partial charge < -0.3 is 4.74 Å². The van der Waals surface area contributed by atoms with Crippen LogP contribution in [0.15, 0.2) is 24.5 Å². The average molecular weight is 284 g/mol. The third kappa shape index (κ3) is 2.46. The highest BCUT2D eigenvalue weighted by Crippen LogP contribution is 2.36. The molecule has 1 saturated heterocycles. The van der Waals surface area contributed by atoms with Crippen LogP contribution < -0.4 is 0 Å². The maximum absolute atomic E-state index is 5.49. The largest absolute Gasteiger partial charge is 0.381 e. The van der Waals surface area contributed by atoms with Crippen molar-refractivity contribution >= 4 is 0 Å². The van der Waals surface area contributed by atoms with Gasteiger partial charge in [0.2, 0.25) is 0 Å². The number of nitrogens with zero attached hydrogens (tertiary/aromatic N) is 4. The van der Waals surface area contributed by atoms with E-state index in [1.54, 1.807) is 6.20 Å². The fourth-order valence-corrected chi connectivity index (χ4v) is 3.09. The minimum Gasteiger partial charge on any atom is -0.381 e. The molecule has 2 aromatic rings. The fourth-order valence-electron chi connectivity index (χ4n) is 3.09. The zero-order valence-electron chi connectivity index (χ0n) is 12.1. The summed E-state index contributed by atoms with van der Waals surface area (Å²) in [6, 6.07) is 4.51. The quantitative estimate of drug-likeness (QED) is 0.869. The van der Waals surface area contributed by atoms with Gasteiger partial charge in [-0.25, -0.2) is 9.67 Å². The summed E-state index contributed by atoms with van der Waals surface area (Å²) in [6.07, 6.45) is 9.49. The molecule has 1 aliphatic heterocycles. The SMILES string of the molecule is c1cncc(-c2nc(C3CCOCC3)n(C3CCC3)n2)c1. The van der Waals surface area contributed by atoms with E-state index >= 15 is 0 Å². The average Bonchev–Trinajstić information content (AvgIpc) is 2.92. The van der Waals surface area contributed by atoms with E-state index in [4.69, 9.17) is 14.8 Å². The molecule has 110 valence electrons. The Morgan fingerprint density at radius 3 is 2.67 bits per heavy atom. The van der Waals surface area contributed by atoms with Crippen LogP contribution in [0.5, 0.6) is 0 Å². The predicted octanol–water partition coefficient (Wildman–Crippen LogP) is 2.96. The second-order valence-electron chi connectivity index (χ2n) is 5.95. The van der Waals surface area contributed by atoms with Crippen LogP contribution in [-0.2, 0) is 4.74 Å². The molecule has 4 rings (SSSR count). The minimum absolute atomic E-state index is 0.484. The van der Waals surface area contributed by atoms with Gasteiger partial charge in [-0.2, -0.15) is 5.10 Å². The summed E-state index contributed by atoms with van der Waals surface area (Å²) in [5.74, 6) is 2.45. The Balaban J connectivity index is 1.71. The Morgan fingerprint density at radius 2 is 2.00 bits per heavy atom. The molecule has 0 radical (unpaired) electrons. The summed E-state index contributed by atoms with van der Waals surface area (Å²) >= 11 is 0. The second kappa shape index (κ2) is 5.56. The predicted molar refractivity (Wildman–Crippen MR) is 78.9 cm³/mol. The lowest BCUT2D eigenvalue weighted by molar-refractivity contribution is 0.0813. The number of ether oxygens (including phenoxy) is 1. The molecular formula is C16H20N4O. The van der Waals surface area contributed by atoms with Gasteiger partial charge in [-0.1, -0.05) is 0 Å². The summed E-state index contributed by atoms with van der Waals surface area (Å²) in [5.41, 5.74) is 1.00. The number of aromatic nitrogens is 4. The lowest BCUT2D eigenvalue weighted by Gasteiger charge is -2.29. The number of hydrogen-bond donors (Lipinski definition) is 0. The molecule has 0 aromatic carbocycles. The highest BCUT2D eigenvalue weighted by Gasteiger charge is 2.29. The summed E-state index contributed by atoms with van der Waals surface area (Å²) in [7, 11) is 0. The van der Waals surface area contributed by atoms with Gasteiger partial charge in [0.25, 0.3) is 0 Å². The van der Waals surface area contributed by atoms with E-state index in [2.05, 4.69) is 9.67 Å². The van der Waals surface area contributed by atoms with Gasteiger partial charge in [-0.05, 0) is 44.2 Å². The molecule has 0 amide bonds. The van der Waals surface area contributed by atoms with Crippen LogP contribution in [0.3, 0.4) is 0 Å². The molecule has 21 heavy (non-hydrogen) atoms. The van der Waals surface area contributed by atoms with Gasteiger partial charge in [0, 0.05) is 37.1 Å². The highest BCUT2D eigenvalue weighted by molar-refractivity contribution is 5.52. The van der Waals surface area contributed by atoms with Crippen LogP contribution in [-0.4, -0.2) is 33.0 Å². The topological polar surface area (TPSA) is 52.8 Å². The first kappa shape index (κ1) is 13.0. The van der Waals surface area contributed by atoms with Crippen LogP contribution in [0.25, 0.3) is 11.4 Å². The maximum Gasteiger partial charge on any atom is 0.182 e. The maximum atomic E-state index is 5.49. The van der Waals surface area contributed by atoms with E-state index in [1.165, 1.54) is 19.3 Å². The molecule has 0 unspecified atom stereocenters. The summed E-state index contributed by atoms with van der Waals surface area (Å²) in [6.45, 7) is 1.68. The number of pyridine rings is 1. The van der Waals surface area contributed by atoms with E-state index in [9.17, 15) is 0 Å². The molecular weight excluding hydrogens is 264 g/mol. The molecule has 0 atom stereocenters. The van der Waals surface area contributed by atoms with Gasteiger partial charge in [0.1, 0.15) is 5.82 Å². The Morgan fingerprint density at radius 1 is 1.14 bits per heavy atom. The van der Waals surface area contributed by atoms with Gasteiger partial charge >= 0.3 is 0 Å². The van der Waals surface area contributed by atoms with Crippen LogP contribution in [0.4, 0.5) is 0 Å². The summed E-state index contributed by atoms with van der Waals surface area (Å²) in [4.78, 5) is 9.05. The van der Waals surface area contributed by atoms with Gasteiger partial charge in [-0.3, -0.25) is 4.98 Å². The van der Waals surface area contributed by atoms with Crippen molar-refractivity contribution in [3.05, 3.63) is 30.4 Å². The normalized spacial score (nSPS) is 20.4. The Bertz CT molecular complexity index is 600. The van der Waals surface area contributed by atoms with E-state index in [1.807, 2.05) is 18.3 Å². The second-order valence-corrected chi connectivity index (χ2v) is 5.95. The highest BCUT2D eigenvalue weighted by atomic mass is 16.5. The Labute approximate surface area is 124 Å². The monoisotopic (exact) mass is 284 g/mol. The molecule has 2 aromatic heterocycles. The molecule has 1 saturated carbocycles. The number of rotatable bonds is 3. The van der Waals surface area contributed by atoms with Crippen molar-refractivity contribution in [2.24, 2.45) is 0 Å². The first-order valence-electron chi connectivity index (χ1n) is 7.86. The Hall–Kier alpha value is -1.75. The third-order valence-electron chi connectivity index (χ3n) is 4.58. The van der Waals surface area contributed by atoms with E-state index in [0.717, 1.165) is 43.3 Å². The molecule has 0 spiro atoms. The van der Waals surface area contributed by atoms with E-state index in [0.29, 0.717) is 12.0 Å². The van der Waals surface area contributed by atoms with Crippen LogP contribution in [0.1, 0.15) is 49.9 Å². The van der Waals surface area contributed by atoms with Crippen LogP contribution in [0.2, 0.25) is 0 Å². The fraction of sp³-hybridized carbons (Fsp3) is 0.562. The van der Waals surface area contributed by atoms with Crippen LogP contribution >= 0.6 is 0 Å². The zero-order valence-corrected chi connectivity index (χ0v) is 12.1. The molecule has 2 aliphatic rings. The molecule has 3 heterocycles. The van der Waals surface area contributed by atoms with Gasteiger partial charge in [0.05, 0.1) is 6.04 Å². The van der Waals surface area contributed by atoms with Gasteiger partial charge in [0.15, 0.2) is 5.82 Å². The lowest BCUT2D eigenvalue weighted by atomic mass is 9.92. The minimum atomic E-state index is 0.484. The van der Waals surface area contributed by atoms with Crippen molar-refractivity contribution in [3.63, 3.8) is 0 Å². The summed E-state index contributed by atoms with van der Waals surface area (Å²) < 4.78 is 7.68. The molecule has 2 fully saturated rings. The first-order valence-corrected chi connectivity index (χ1v) is 7.86. The van der Waals surface area contributed by atoms with Crippen molar-refractivity contribution in [1.29, 1.82) is 0 Å². The van der Waals surface area contributed by atoms with Crippen LogP contribution in [0, 0.1) is 0 Å². The smallest absolute Gasteiger partial charge is 0.182 e. The molecule has 1 aliphatic carbocycles. The molecule has 5 nitrogen and oxygen atoms in total. The number of hydrogen-bond acceptors (Lipinski definition) is 4. The molecule has 0 bridgehead atoms. The van der Waals surface area contributed by atoms with Crippen molar-refractivity contribution < 1.29 is 4.74 Å². The van der Waals surface area contributed by atoms with Gasteiger partial charge in [-0.15, -0.1) is 0 Å².